The highest BCUT2D eigenvalue weighted by molar-refractivity contribution is 9.10. The second kappa shape index (κ2) is 7.97. The monoisotopic (exact) mass is 407 g/mol. The summed E-state index contributed by atoms with van der Waals surface area (Å²) >= 11 is 9.35. The predicted molar refractivity (Wildman–Crippen MR) is 95.2 cm³/mol. The van der Waals surface area contributed by atoms with E-state index in [1.807, 2.05) is 4.90 Å². The number of hydrogen-bond donors (Lipinski definition) is 1. The van der Waals surface area contributed by atoms with Crippen LogP contribution in [0.5, 0.6) is 0 Å². The molecule has 2 heterocycles. The number of carbonyl (C=O) groups excluding carboxylic acids is 1. The summed E-state index contributed by atoms with van der Waals surface area (Å²) < 4.78 is 0.769. The molecule has 3 rings (SSSR count). The first-order valence-electron chi connectivity index (χ1n) is 7.34. The summed E-state index contributed by atoms with van der Waals surface area (Å²) in [4.78, 5) is 17.0. The third kappa shape index (κ3) is 3.95. The lowest BCUT2D eigenvalue weighted by molar-refractivity contribution is 0.0584. The molecule has 0 bridgehead atoms. The summed E-state index contributed by atoms with van der Waals surface area (Å²) in [5.41, 5.74) is 0.697. The Bertz CT molecular complexity index is 530. The molecule has 2 aliphatic rings. The predicted octanol–water partition coefficient (Wildman–Crippen LogP) is 2.64. The third-order valence-corrected chi connectivity index (χ3v) is 5.53. The van der Waals surface area contributed by atoms with Crippen LogP contribution in [0.4, 0.5) is 0 Å². The minimum atomic E-state index is 0. The molecule has 2 aliphatic heterocycles. The number of benzene rings is 1. The van der Waals surface area contributed by atoms with Gasteiger partial charge in [-0.2, -0.15) is 0 Å². The van der Waals surface area contributed by atoms with E-state index in [0.717, 1.165) is 43.7 Å². The zero-order valence-corrected chi connectivity index (χ0v) is 15.4. The molecule has 1 N–H and O–H groups in total. The maximum Gasteiger partial charge on any atom is 0.253 e. The number of halogens is 3. The maximum atomic E-state index is 12.5. The van der Waals surface area contributed by atoms with E-state index in [1.165, 1.54) is 6.42 Å². The van der Waals surface area contributed by atoms with E-state index in [1.54, 1.807) is 18.2 Å². The number of hydrogen-bond acceptors (Lipinski definition) is 3. The van der Waals surface area contributed by atoms with Gasteiger partial charge < -0.3 is 10.2 Å². The van der Waals surface area contributed by atoms with Crippen molar-refractivity contribution < 1.29 is 4.79 Å². The first-order valence-corrected chi connectivity index (χ1v) is 8.51. The van der Waals surface area contributed by atoms with Crippen LogP contribution in [0.25, 0.3) is 0 Å². The Labute approximate surface area is 150 Å². The smallest absolute Gasteiger partial charge is 0.253 e. The number of nitrogens with zero attached hydrogens (tertiary/aromatic N) is 2. The highest BCUT2D eigenvalue weighted by Gasteiger charge is 2.28. The van der Waals surface area contributed by atoms with Gasteiger partial charge >= 0.3 is 0 Å². The summed E-state index contributed by atoms with van der Waals surface area (Å²) in [6, 6.07) is 6.01. The lowest BCUT2D eigenvalue weighted by atomic mass is 10.1. The standard InChI is InChI=1S/C15H19BrClN3O.ClH/c16-13-9-11(1-2-14(13)17)15(21)20-7-5-19(6-8-20)12-3-4-18-10-12;/h1-2,9,12,18H,3-8,10H2;1H. The van der Waals surface area contributed by atoms with Crippen molar-refractivity contribution in [2.75, 3.05) is 39.3 Å². The van der Waals surface area contributed by atoms with Gasteiger partial charge in [0.15, 0.2) is 0 Å². The minimum Gasteiger partial charge on any atom is -0.336 e. The Balaban J connectivity index is 0.00000176. The molecule has 0 aliphatic carbocycles. The van der Waals surface area contributed by atoms with E-state index in [4.69, 9.17) is 11.6 Å². The first-order chi connectivity index (χ1) is 10.1. The van der Waals surface area contributed by atoms with E-state index in [-0.39, 0.29) is 18.3 Å². The maximum absolute atomic E-state index is 12.5. The van der Waals surface area contributed by atoms with Gasteiger partial charge in [-0.1, -0.05) is 11.6 Å². The van der Waals surface area contributed by atoms with E-state index in [2.05, 4.69) is 26.1 Å². The van der Waals surface area contributed by atoms with Crippen LogP contribution in [0.1, 0.15) is 16.8 Å². The number of amides is 1. The van der Waals surface area contributed by atoms with Gasteiger partial charge in [-0.15, -0.1) is 12.4 Å². The molecule has 0 radical (unpaired) electrons. The fraction of sp³-hybridized carbons (Fsp3) is 0.533. The Morgan fingerprint density at radius 3 is 2.59 bits per heavy atom. The molecule has 1 amide bonds. The number of nitrogens with one attached hydrogen (secondary N) is 1. The van der Waals surface area contributed by atoms with Crippen molar-refractivity contribution >= 4 is 45.8 Å². The van der Waals surface area contributed by atoms with Crippen LogP contribution in [-0.2, 0) is 0 Å². The molecular weight excluding hydrogens is 389 g/mol. The zero-order chi connectivity index (χ0) is 14.8. The van der Waals surface area contributed by atoms with Gasteiger partial charge in [0.1, 0.15) is 0 Å². The minimum absolute atomic E-state index is 0. The Kier molecular flexibility index (Phi) is 6.53. The number of carbonyl (C=O) groups is 1. The highest BCUT2D eigenvalue weighted by atomic mass is 79.9. The fourth-order valence-electron chi connectivity index (χ4n) is 3.05. The molecule has 0 spiro atoms. The first kappa shape index (κ1) is 18.0. The lowest BCUT2D eigenvalue weighted by Crippen LogP contribution is -2.52. The van der Waals surface area contributed by atoms with Gasteiger partial charge in [-0.05, 0) is 47.1 Å². The van der Waals surface area contributed by atoms with Crippen LogP contribution in [0.15, 0.2) is 22.7 Å². The summed E-state index contributed by atoms with van der Waals surface area (Å²) in [5, 5.41) is 4.03. The van der Waals surface area contributed by atoms with E-state index in [0.29, 0.717) is 16.6 Å². The molecule has 2 saturated heterocycles. The van der Waals surface area contributed by atoms with Crippen LogP contribution in [0.2, 0.25) is 5.02 Å². The van der Waals surface area contributed by atoms with E-state index < -0.39 is 0 Å². The highest BCUT2D eigenvalue weighted by Crippen LogP contribution is 2.24. The molecule has 1 unspecified atom stereocenters. The van der Waals surface area contributed by atoms with Gasteiger partial charge in [0.25, 0.3) is 5.91 Å². The van der Waals surface area contributed by atoms with Crippen molar-refractivity contribution in [1.29, 1.82) is 0 Å². The Morgan fingerprint density at radius 1 is 1.27 bits per heavy atom. The van der Waals surface area contributed by atoms with E-state index >= 15 is 0 Å². The Morgan fingerprint density at radius 2 is 2.00 bits per heavy atom. The zero-order valence-electron chi connectivity index (χ0n) is 12.2. The fourth-order valence-corrected chi connectivity index (χ4v) is 3.55. The van der Waals surface area contributed by atoms with Crippen molar-refractivity contribution in [3.63, 3.8) is 0 Å². The van der Waals surface area contributed by atoms with Crippen molar-refractivity contribution in [3.05, 3.63) is 33.3 Å². The van der Waals surface area contributed by atoms with Crippen LogP contribution >= 0.6 is 39.9 Å². The van der Waals surface area contributed by atoms with Crippen molar-refractivity contribution in [2.24, 2.45) is 0 Å². The molecule has 1 aromatic rings. The largest absolute Gasteiger partial charge is 0.336 e. The van der Waals surface area contributed by atoms with Crippen molar-refractivity contribution in [2.45, 2.75) is 12.5 Å². The molecule has 0 saturated carbocycles. The molecule has 0 aromatic heterocycles. The van der Waals surface area contributed by atoms with Crippen LogP contribution in [0, 0.1) is 0 Å². The van der Waals surface area contributed by atoms with Gasteiger partial charge in [0.05, 0.1) is 5.02 Å². The Hall–Kier alpha value is -0.330. The average Bonchev–Trinajstić information content (AvgIpc) is 3.04. The summed E-state index contributed by atoms with van der Waals surface area (Å²) in [5.74, 6) is 0.0940. The topological polar surface area (TPSA) is 35.6 Å². The number of rotatable bonds is 2. The normalized spacial score (nSPS) is 22.5. The van der Waals surface area contributed by atoms with Crippen LogP contribution < -0.4 is 5.32 Å². The molecule has 2 fully saturated rings. The van der Waals surface area contributed by atoms with Gasteiger partial charge in [-0.25, -0.2) is 0 Å². The summed E-state index contributed by atoms with van der Waals surface area (Å²) in [6.07, 6.45) is 1.22. The molecule has 1 aromatic carbocycles. The van der Waals surface area contributed by atoms with Crippen LogP contribution in [-0.4, -0.2) is 61.0 Å². The van der Waals surface area contributed by atoms with Crippen LogP contribution in [0.3, 0.4) is 0 Å². The van der Waals surface area contributed by atoms with Crippen molar-refractivity contribution in [3.8, 4) is 0 Å². The average molecular weight is 409 g/mol. The summed E-state index contributed by atoms with van der Waals surface area (Å²) in [6.45, 7) is 5.73. The molecule has 7 heteroatoms. The second-order valence-corrected chi connectivity index (χ2v) is 6.87. The summed E-state index contributed by atoms with van der Waals surface area (Å²) in [7, 11) is 0. The molecular formula is C15H20BrCl2N3O. The molecule has 4 nitrogen and oxygen atoms in total. The SMILES string of the molecule is Cl.O=C(c1ccc(Cl)c(Br)c1)N1CCN(C2CCNC2)CC1. The number of piperazine rings is 1. The van der Waals surface area contributed by atoms with Gasteiger partial charge in [-0.3, -0.25) is 9.69 Å². The van der Waals surface area contributed by atoms with E-state index in [9.17, 15) is 4.79 Å². The van der Waals surface area contributed by atoms with Crippen molar-refractivity contribution in [1.82, 2.24) is 15.1 Å². The second-order valence-electron chi connectivity index (χ2n) is 5.60. The van der Waals surface area contributed by atoms with Gasteiger partial charge in [0, 0.05) is 48.8 Å². The lowest BCUT2D eigenvalue weighted by Gasteiger charge is -2.37. The molecule has 1 atom stereocenters. The third-order valence-electron chi connectivity index (χ3n) is 4.32. The quantitative estimate of drug-likeness (QED) is 0.816. The molecule has 122 valence electrons. The van der Waals surface area contributed by atoms with Gasteiger partial charge in [0.2, 0.25) is 0 Å². The molecule has 22 heavy (non-hydrogen) atoms.